The number of hydrogen-bond donors (Lipinski definition) is 1. The molecule has 1 aliphatic rings. The summed E-state index contributed by atoms with van der Waals surface area (Å²) in [6, 6.07) is 1.20. The van der Waals surface area contributed by atoms with Gasteiger partial charge in [-0.25, -0.2) is 0 Å². The second kappa shape index (κ2) is 5.18. The molecule has 1 aliphatic heterocycles. The zero-order valence-electron chi connectivity index (χ0n) is 8.54. The summed E-state index contributed by atoms with van der Waals surface area (Å²) in [4.78, 5) is 2.37. The van der Waals surface area contributed by atoms with E-state index in [4.69, 9.17) is 11.6 Å². The van der Waals surface area contributed by atoms with Crippen LogP contribution in [0, 0.1) is 0 Å². The third kappa shape index (κ3) is 3.12. The summed E-state index contributed by atoms with van der Waals surface area (Å²) in [5.74, 6) is 0.343. The molecule has 1 N–H and O–H groups in total. The standard InChI is InChI=1S/C10H20ClNO/c1-8-4-3-5-9(2)12(8)7-10(13)6-11/h8-10,13H,3-7H2,1-2H3. The summed E-state index contributed by atoms with van der Waals surface area (Å²) < 4.78 is 0. The lowest BCUT2D eigenvalue weighted by atomic mass is 9.97. The molecule has 1 saturated heterocycles. The van der Waals surface area contributed by atoms with Crippen molar-refractivity contribution in [3.05, 3.63) is 0 Å². The van der Waals surface area contributed by atoms with E-state index in [0.29, 0.717) is 18.0 Å². The maximum absolute atomic E-state index is 9.47. The molecule has 0 spiro atoms. The molecule has 13 heavy (non-hydrogen) atoms. The lowest BCUT2D eigenvalue weighted by Crippen LogP contribution is -2.47. The Morgan fingerprint density at radius 3 is 2.38 bits per heavy atom. The van der Waals surface area contributed by atoms with E-state index in [9.17, 15) is 5.11 Å². The number of alkyl halides is 1. The van der Waals surface area contributed by atoms with Gasteiger partial charge in [0.1, 0.15) is 0 Å². The first kappa shape index (κ1) is 11.3. The third-order valence-corrected chi connectivity index (χ3v) is 3.33. The van der Waals surface area contributed by atoms with E-state index in [-0.39, 0.29) is 6.10 Å². The molecule has 0 bridgehead atoms. The van der Waals surface area contributed by atoms with Gasteiger partial charge in [0.15, 0.2) is 0 Å². The second-order valence-electron chi connectivity index (χ2n) is 4.13. The van der Waals surface area contributed by atoms with E-state index in [1.165, 1.54) is 19.3 Å². The molecule has 0 saturated carbocycles. The van der Waals surface area contributed by atoms with Gasteiger partial charge < -0.3 is 5.11 Å². The number of halogens is 1. The molecule has 1 heterocycles. The topological polar surface area (TPSA) is 23.5 Å². The summed E-state index contributed by atoms with van der Waals surface area (Å²) in [5.41, 5.74) is 0. The largest absolute Gasteiger partial charge is 0.391 e. The first-order valence-electron chi connectivity index (χ1n) is 5.15. The Balaban J connectivity index is 2.43. The van der Waals surface area contributed by atoms with Gasteiger partial charge >= 0.3 is 0 Å². The van der Waals surface area contributed by atoms with E-state index in [1.54, 1.807) is 0 Å². The number of aliphatic hydroxyl groups excluding tert-OH is 1. The zero-order chi connectivity index (χ0) is 9.84. The summed E-state index contributed by atoms with van der Waals surface area (Å²) in [5, 5.41) is 9.47. The number of piperidine rings is 1. The van der Waals surface area contributed by atoms with Gasteiger partial charge in [0.2, 0.25) is 0 Å². The second-order valence-corrected chi connectivity index (χ2v) is 4.44. The molecule has 3 unspecified atom stereocenters. The van der Waals surface area contributed by atoms with Crippen molar-refractivity contribution in [2.75, 3.05) is 12.4 Å². The summed E-state index contributed by atoms with van der Waals surface area (Å²) >= 11 is 5.59. The Labute approximate surface area is 85.9 Å². The smallest absolute Gasteiger partial charge is 0.0802 e. The van der Waals surface area contributed by atoms with Crippen molar-refractivity contribution in [3.8, 4) is 0 Å². The molecule has 1 fully saturated rings. The number of β-amino-alcohol motifs (C(OH)–C–C–N with tert-alkyl or cyclic N) is 1. The average Bonchev–Trinajstić information content (AvgIpc) is 2.11. The van der Waals surface area contributed by atoms with Crippen LogP contribution in [0.2, 0.25) is 0 Å². The lowest BCUT2D eigenvalue weighted by molar-refractivity contribution is 0.0502. The fourth-order valence-electron chi connectivity index (χ4n) is 2.13. The minimum atomic E-state index is -0.371. The van der Waals surface area contributed by atoms with Crippen LogP contribution in [0.5, 0.6) is 0 Å². The van der Waals surface area contributed by atoms with Crippen molar-refractivity contribution in [3.63, 3.8) is 0 Å². The predicted octanol–water partition coefficient (Wildman–Crippen LogP) is 1.85. The van der Waals surface area contributed by atoms with Crippen LogP contribution >= 0.6 is 11.6 Å². The number of rotatable bonds is 3. The Morgan fingerprint density at radius 1 is 1.38 bits per heavy atom. The molecule has 3 atom stereocenters. The predicted molar refractivity (Wildman–Crippen MR) is 56.2 cm³/mol. The van der Waals surface area contributed by atoms with E-state index >= 15 is 0 Å². The Bertz CT molecular complexity index is 144. The van der Waals surface area contributed by atoms with Crippen LogP contribution < -0.4 is 0 Å². The third-order valence-electron chi connectivity index (χ3n) is 2.98. The van der Waals surface area contributed by atoms with Gasteiger partial charge in [-0.05, 0) is 26.7 Å². The fourth-order valence-corrected chi connectivity index (χ4v) is 2.22. The SMILES string of the molecule is CC1CCCC(C)N1CC(O)CCl. The van der Waals surface area contributed by atoms with Gasteiger partial charge in [0.05, 0.1) is 6.10 Å². The lowest BCUT2D eigenvalue weighted by Gasteiger charge is -2.39. The number of aliphatic hydroxyl groups is 1. The van der Waals surface area contributed by atoms with Gasteiger partial charge in [-0.3, -0.25) is 4.90 Å². The Kier molecular flexibility index (Phi) is 4.50. The van der Waals surface area contributed by atoms with Crippen LogP contribution in [-0.4, -0.2) is 40.6 Å². The first-order valence-corrected chi connectivity index (χ1v) is 5.68. The van der Waals surface area contributed by atoms with Gasteiger partial charge in [0, 0.05) is 24.5 Å². The van der Waals surface area contributed by atoms with Crippen molar-refractivity contribution < 1.29 is 5.11 Å². The highest BCUT2D eigenvalue weighted by molar-refractivity contribution is 6.18. The first-order chi connectivity index (χ1) is 6.15. The van der Waals surface area contributed by atoms with E-state index in [0.717, 1.165) is 6.54 Å². The maximum atomic E-state index is 9.47. The Morgan fingerprint density at radius 2 is 1.92 bits per heavy atom. The molecule has 3 heteroatoms. The molecule has 0 amide bonds. The highest BCUT2D eigenvalue weighted by atomic mass is 35.5. The summed E-state index contributed by atoms with van der Waals surface area (Å²) in [6.07, 6.45) is 3.44. The van der Waals surface area contributed by atoms with Crippen molar-refractivity contribution in [1.29, 1.82) is 0 Å². The highest BCUT2D eigenvalue weighted by Crippen LogP contribution is 2.22. The van der Waals surface area contributed by atoms with Crippen molar-refractivity contribution in [1.82, 2.24) is 4.90 Å². The molecule has 0 radical (unpaired) electrons. The number of hydrogen-bond acceptors (Lipinski definition) is 2. The maximum Gasteiger partial charge on any atom is 0.0802 e. The zero-order valence-corrected chi connectivity index (χ0v) is 9.30. The van der Waals surface area contributed by atoms with Crippen LogP contribution in [0.1, 0.15) is 33.1 Å². The molecule has 0 aromatic carbocycles. The van der Waals surface area contributed by atoms with Crippen molar-refractivity contribution in [2.24, 2.45) is 0 Å². The van der Waals surface area contributed by atoms with Crippen molar-refractivity contribution in [2.45, 2.75) is 51.3 Å². The summed E-state index contributed by atoms with van der Waals surface area (Å²) in [7, 11) is 0. The fraction of sp³-hybridized carbons (Fsp3) is 1.00. The normalized spacial score (nSPS) is 33.2. The quantitative estimate of drug-likeness (QED) is 0.711. The van der Waals surface area contributed by atoms with E-state index in [1.807, 2.05) is 0 Å². The van der Waals surface area contributed by atoms with Crippen LogP contribution in [-0.2, 0) is 0 Å². The van der Waals surface area contributed by atoms with Gasteiger partial charge in [-0.2, -0.15) is 0 Å². The molecular formula is C10H20ClNO. The molecular weight excluding hydrogens is 186 g/mol. The molecule has 0 aromatic rings. The minimum Gasteiger partial charge on any atom is -0.391 e. The Hall–Kier alpha value is 0.210. The molecule has 2 nitrogen and oxygen atoms in total. The molecule has 0 aliphatic carbocycles. The van der Waals surface area contributed by atoms with Gasteiger partial charge in [-0.15, -0.1) is 11.6 Å². The minimum absolute atomic E-state index is 0.343. The molecule has 1 rings (SSSR count). The molecule has 0 aromatic heterocycles. The number of likely N-dealkylation sites (tertiary alicyclic amines) is 1. The van der Waals surface area contributed by atoms with Crippen LogP contribution in [0.4, 0.5) is 0 Å². The number of nitrogens with zero attached hydrogens (tertiary/aromatic N) is 1. The van der Waals surface area contributed by atoms with Gasteiger partial charge in [-0.1, -0.05) is 6.42 Å². The molecule has 78 valence electrons. The average molecular weight is 206 g/mol. The van der Waals surface area contributed by atoms with Crippen LogP contribution in [0.3, 0.4) is 0 Å². The monoisotopic (exact) mass is 205 g/mol. The summed E-state index contributed by atoms with van der Waals surface area (Å²) in [6.45, 7) is 5.19. The van der Waals surface area contributed by atoms with E-state index in [2.05, 4.69) is 18.7 Å². The van der Waals surface area contributed by atoms with Gasteiger partial charge in [0.25, 0.3) is 0 Å². The van der Waals surface area contributed by atoms with Crippen LogP contribution in [0.15, 0.2) is 0 Å². The highest BCUT2D eigenvalue weighted by Gasteiger charge is 2.25. The van der Waals surface area contributed by atoms with Crippen molar-refractivity contribution >= 4 is 11.6 Å². The van der Waals surface area contributed by atoms with Crippen LogP contribution in [0.25, 0.3) is 0 Å². The van der Waals surface area contributed by atoms with E-state index < -0.39 is 0 Å².